The smallest absolute Gasteiger partial charge is 0.223 e. The molecule has 1 aliphatic heterocycles. The number of nitrogens with two attached hydrogens (primary N) is 1. The second kappa shape index (κ2) is 4.34. The Hall–Kier alpha value is -1.44. The highest BCUT2D eigenvalue weighted by Crippen LogP contribution is 2.28. The lowest BCUT2D eigenvalue weighted by Gasteiger charge is -2.10. The number of fused-ring (bicyclic) bond motifs is 1. The Morgan fingerprint density at radius 1 is 1.56 bits per heavy atom. The van der Waals surface area contributed by atoms with E-state index in [0.29, 0.717) is 24.2 Å². The molecule has 3 heterocycles. The van der Waals surface area contributed by atoms with Gasteiger partial charge in [-0.15, -0.1) is 0 Å². The van der Waals surface area contributed by atoms with Gasteiger partial charge in [0.05, 0.1) is 31.7 Å². The summed E-state index contributed by atoms with van der Waals surface area (Å²) >= 11 is 5.96. The van der Waals surface area contributed by atoms with Crippen LogP contribution in [0.15, 0.2) is 6.33 Å². The van der Waals surface area contributed by atoms with Crippen LogP contribution in [0.2, 0.25) is 5.15 Å². The lowest BCUT2D eigenvalue weighted by atomic mass is 10.2. The molecule has 1 fully saturated rings. The molecule has 0 saturated carbocycles. The standard InChI is InChI=1S/C10H12ClN5O2/c11-8-7-9(15-10(12)14-8)16(4-13-7)5-1-6(2-17)18-3-5/h4-6,17H,1-3H2,(H2,12,14,15)/t5-,6-/m1/s1. The summed E-state index contributed by atoms with van der Waals surface area (Å²) < 4.78 is 7.31. The van der Waals surface area contributed by atoms with Crippen LogP contribution < -0.4 is 5.73 Å². The van der Waals surface area contributed by atoms with E-state index in [1.165, 1.54) is 0 Å². The zero-order valence-electron chi connectivity index (χ0n) is 9.45. The van der Waals surface area contributed by atoms with E-state index in [4.69, 9.17) is 27.2 Å². The third-order valence-corrected chi connectivity index (χ3v) is 3.32. The van der Waals surface area contributed by atoms with Crippen molar-refractivity contribution in [2.75, 3.05) is 18.9 Å². The Bertz CT molecular complexity index is 587. The Balaban J connectivity index is 2.03. The molecular weight excluding hydrogens is 258 g/mol. The van der Waals surface area contributed by atoms with Gasteiger partial charge in [-0.2, -0.15) is 9.97 Å². The topological polar surface area (TPSA) is 99.1 Å². The minimum absolute atomic E-state index is 0.0149. The maximum absolute atomic E-state index is 9.07. The van der Waals surface area contributed by atoms with Crippen LogP contribution in [0.1, 0.15) is 12.5 Å². The SMILES string of the molecule is Nc1nc(Cl)c2ncn([C@H]3CO[C@@H](CO)C3)c2n1. The van der Waals surface area contributed by atoms with Crippen molar-refractivity contribution in [2.24, 2.45) is 0 Å². The van der Waals surface area contributed by atoms with Crippen LogP contribution in [0, 0.1) is 0 Å². The summed E-state index contributed by atoms with van der Waals surface area (Å²) in [5.41, 5.74) is 6.71. The monoisotopic (exact) mass is 269 g/mol. The van der Waals surface area contributed by atoms with Crippen molar-refractivity contribution in [1.29, 1.82) is 0 Å². The molecule has 0 aliphatic carbocycles. The van der Waals surface area contributed by atoms with E-state index in [0.717, 1.165) is 0 Å². The number of aliphatic hydroxyl groups excluding tert-OH is 1. The van der Waals surface area contributed by atoms with E-state index >= 15 is 0 Å². The van der Waals surface area contributed by atoms with E-state index in [9.17, 15) is 0 Å². The largest absolute Gasteiger partial charge is 0.394 e. The first-order valence-electron chi connectivity index (χ1n) is 5.57. The summed E-state index contributed by atoms with van der Waals surface area (Å²) in [5.74, 6) is 0.117. The molecule has 2 aromatic heterocycles. The maximum atomic E-state index is 9.07. The average Bonchev–Trinajstić information content (AvgIpc) is 2.93. The molecule has 96 valence electrons. The highest BCUT2D eigenvalue weighted by atomic mass is 35.5. The van der Waals surface area contributed by atoms with Gasteiger partial charge >= 0.3 is 0 Å². The summed E-state index contributed by atoms with van der Waals surface area (Å²) in [6.07, 6.45) is 2.23. The summed E-state index contributed by atoms with van der Waals surface area (Å²) in [7, 11) is 0. The number of nitrogen functional groups attached to an aromatic ring is 1. The molecule has 2 aromatic rings. The summed E-state index contributed by atoms with van der Waals surface area (Å²) in [6, 6.07) is 0.0810. The summed E-state index contributed by atoms with van der Waals surface area (Å²) in [5, 5.41) is 9.31. The highest BCUT2D eigenvalue weighted by molar-refractivity contribution is 6.33. The fourth-order valence-electron chi connectivity index (χ4n) is 2.17. The molecule has 0 radical (unpaired) electrons. The minimum atomic E-state index is -0.137. The van der Waals surface area contributed by atoms with E-state index in [-0.39, 0.29) is 29.9 Å². The Labute approximate surface area is 108 Å². The number of ether oxygens (including phenoxy) is 1. The number of hydrogen-bond donors (Lipinski definition) is 2. The number of nitrogens with zero attached hydrogens (tertiary/aromatic N) is 4. The third kappa shape index (κ3) is 1.80. The summed E-state index contributed by atoms with van der Waals surface area (Å²) in [4.78, 5) is 12.2. The van der Waals surface area contributed by atoms with Gasteiger partial charge < -0.3 is 20.1 Å². The molecule has 0 amide bonds. The van der Waals surface area contributed by atoms with Gasteiger partial charge in [-0.1, -0.05) is 11.6 Å². The second-order valence-electron chi connectivity index (χ2n) is 4.22. The normalized spacial score (nSPS) is 23.9. The Kier molecular flexibility index (Phi) is 2.81. The highest BCUT2D eigenvalue weighted by Gasteiger charge is 2.28. The molecular formula is C10H12ClN5O2. The van der Waals surface area contributed by atoms with Crippen molar-refractivity contribution in [2.45, 2.75) is 18.6 Å². The Morgan fingerprint density at radius 2 is 2.39 bits per heavy atom. The van der Waals surface area contributed by atoms with Crippen molar-refractivity contribution >= 4 is 28.7 Å². The first-order valence-corrected chi connectivity index (χ1v) is 5.95. The van der Waals surface area contributed by atoms with E-state index in [2.05, 4.69) is 15.0 Å². The zero-order chi connectivity index (χ0) is 12.7. The number of aliphatic hydroxyl groups is 1. The lowest BCUT2D eigenvalue weighted by Crippen LogP contribution is -2.11. The van der Waals surface area contributed by atoms with Crippen LogP contribution in [-0.2, 0) is 4.74 Å². The lowest BCUT2D eigenvalue weighted by molar-refractivity contribution is 0.0576. The van der Waals surface area contributed by atoms with Gasteiger partial charge in [0.2, 0.25) is 5.95 Å². The van der Waals surface area contributed by atoms with Gasteiger partial charge in [-0.05, 0) is 6.42 Å². The molecule has 0 aromatic carbocycles. The molecule has 2 atom stereocenters. The molecule has 7 nitrogen and oxygen atoms in total. The number of rotatable bonds is 2. The summed E-state index contributed by atoms with van der Waals surface area (Å²) in [6.45, 7) is 0.527. The van der Waals surface area contributed by atoms with Gasteiger partial charge in [0, 0.05) is 0 Å². The molecule has 0 unspecified atom stereocenters. The van der Waals surface area contributed by atoms with Crippen molar-refractivity contribution in [3.05, 3.63) is 11.5 Å². The predicted molar refractivity (Wildman–Crippen MR) is 65.2 cm³/mol. The number of aromatic nitrogens is 4. The third-order valence-electron chi connectivity index (χ3n) is 3.05. The van der Waals surface area contributed by atoms with Crippen molar-refractivity contribution in [1.82, 2.24) is 19.5 Å². The van der Waals surface area contributed by atoms with Gasteiger partial charge in [-0.3, -0.25) is 0 Å². The Morgan fingerprint density at radius 3 is 3.11 bits per heavy atom. The van der Waals surface area contributed by atoms with Crippen molar-refractivity contribution in [3.8, 4) is 0 Å². The van der Waals surface area contributed by atoms with Crippen LogP contribution in [0.3, 0.4) is 0 Å². The van der Waals surface area contributed by atoms with Crippen molar-refractivity contribution in [3.63, 3.8) is 0 Å². The van der Waals surface area contributed by atoms with Crippen LogP contribution >= 0.6 is 11.6 Å². The molecule has 1 aliphatic rings. The fraction of sp³-hybridized carbons (Fsp3) is 0.500. The number of anilines is 1. The van der Waals surface area contributed by atoms with Gasteiger partial charge in [0.15, 0.2) is 10.8 Å². The number of halogens is 1. The first-order chi connectivity index (χ1) is 8.69. The van der Waals surface area contributed by atoms with E-state index in [1.807, 2.05) is 4.57 Å². The first kappa shape index (κ1) is 11.6. The maximum Gasteiger partial charge on any atom is 0.223 e. The quantitative estimate of drug-likeness (QED) is 0.765. The van der Waals surface area contributed by atoms with Crippen LogP contribution in [-0.4, -0.2) is 43.9 Å². The van der Waals surface area contributed by atoms with Gasteiger partial charge in [0.1, 0.15) is 5.52 Å². The van der Waals surface area contributed by atoms with Crippen LogP contribution in [0.4, 0.5) is 5.95 Å². The molecule has 18 heavy (non-hydrogen) atoms. The number of imidazole rings is 1. The van der Waals surface area contributed by atoms with E-state index in [1.54, 1.807) is 6.33 Å². The van der Waals surface area contributed by atoms with Crippen molar-refractivity contribution < 1.29 is 9.84 Å². The van der Waals surface area contributed by atoms with Crippen LogP contribution in [0.25, 0.3) is 11.2 Å². The average molecular weight is 270 g/mol. The van der Waals surface area contributed by atoms with Crippen LogP contribution in [0.5, 0.6) is 0 Å². The van der Waals surface area contributed by atoms with E-state index < -0.39 is 0 Å². The second-order valence-corrected chi connectivity index (χ2v) is 4.58. The molecule has 0 bridgehead atoms. The predicted octanol–water partition coefficient (Wildman–Crippen LogP) is 0.384. The molecule has 8 heteroatoms. The molecule has 0 spiro atoms. The molecule has 3 N–H and O–H groups in total. The van der Waals surface area contributed by atoms with Gasteiger partial charge in [-0.25, -0.2) is 4.98 Å². The minimum Gasteiger partial charge on any atom is -0.394 e. The van der Waals surface area contributed by atoms with Gasteiger partial charge in [0.25, 0.3) is 0 Å². The zero-order valence-corrected chi connectivity index (χ0v) is 10.2. The number of hydrogen-bond acceptors (Lipinski definition) is 6. The molecule has 1 saturated heterocycles. The fourth-order valence-corrected chi connectivity index (χ4v) is 2.39. The molecule has 3 rings (SSSR count).